The van der Waals surface area contributed by atoms with Crippen LogP contribution in [0, 0.1) is 0 Å². The molecule has 2 N–H and O–H groups in total. The second-order valence-corrected chi connectivity index (χ2v) is 8.82. The van der Waals surface area contributed by atoms with Gasteiger partial charge in [0.15, 0.2) is 0 Å². The highest BCUT2D eigenvalue weighted by molar-refractivity contribution is 7.92. The van der Waals surface area contributed by atoms with Gasteiger partial charge in [-0.2, -0.15) is 4.98 Å². The maximum atomic E-state index is 12.7. The van der Waals surface area contributed by atoms with Crippen molar-refractivity contribution in [3.05, 3.63) is 42.0 Å². The Hall–Kier alpha value is -2.32. The Labute approximate surface area is 166 Å². The number of pyridine rings is 1. The number of ether oxygens (including phenoxy) is 2. The molecule has 28 heavy (non-hydrogen) atoms. The van der Waals surface area contributed by atoms with Crippen molar-refractivity contribution in [1.82, 2.24) is 10.3 Å². The van der Waals surface area contributed by atoms with E-state index in [1.807, 2.05) is 12.1 Å². The number of nitrogens with zero attached hydrogens (tertiary/aromatic N) is 1. The summed E-state index contributed by atoms with van der Waals surface area (Å²) in [7, 11) is -2.30. The first kappa shape index (κ1) is 20.4. The number of aromatic nitrogens is 1. The zero-order chi connectivity index (χ0) is 20.1. The molecule has 152 valence electrons. The summed E-state index contributed by atoms with van der Waals surface area (Å²) in [6.07, 6.45) is 2.22. The second kappa shape index (κ2) is 8.79. The van der Waals surface area contributed by atoms with E-state index in [0.29, 0.717) is 24.4 Å². The number of anilines is 1. The van der Waals surface area contributed by atoms with Crippen molar-refractivity contribution in [1.29, 1.82) is 0 Å². The van der Waals surface area contributed by atoms with Crippen molar-refractivity contribution in [2.75, 3.05) is 25.0 Å². The van der Waals surface area contributed by atoms with Gasteiger partial charge in [-0.05, 0) is 49.1 Å². The van der Waals surface area contributed by atoms with Crippen molar-refractivity contribution >= 4 is 15.7 Å². The van der Waals surface area contributed by atoms with Gasteiger partial charge in [0.2, 0.25) is 11.8 Å². The molecule has 3 rings (SSSR count). The molecule has 7 nitrogen and oxygen atoms in total. The van der Waals surface area contributed by atoms with Gasteiger partial charge in [-0.1, -0.05) is 26.0 Å². The summed E-state index contributed by atoms with van der Waals surface area (Å²) in [5.74, 6) is 0.898. The Morgan fingerprint density at radius 3 is 2.57 bits per heavy atom. The summed E-state index contributed by atoms with van der Waals surface area (Å²) in [4.78, 5) is 4.45. The molecule has 1 aromatic carbocycles. The fourth-order valence-electron chi connectivity index (χ4n) is 3.06. The van der Waals surface area contributed by atoms with Crippen LogP contribution < -0.4 is 19.5 Å². The van der Waals surface area contributed by atoms with E-state index in [1.54, 1.807) is 24.3 Å². The molecule has 2 heterocycles. The molecule has 1 unspecified atom stereocenters. The van der Waals surface area contributed by atoms with Gasteiger partial charge in [-0.25, -0.2) is 8.42 Å². The second-order valence-electron chi connectivity index (χ2n) is 7.14. The van der Waals surface area contributed by atoms with Crippen molar-refractivity contribution < 1.29 is 17.9 Å². The summed E-state index contributed by atoms with van der Waals surface area (Å²) in [5, 5.41) is 3.35. The zero-order valence-electron chi connectivity index (χ0n) is 16.4. The first-order chi connectivity index (χ1) is 13.4. The van der Waals surface area contributed by atoms with Crippen LogP contribution in [0.2, 0.25) is 0 Å². The number of hydrogen-bond donors (Lipinski definition) is 2. The fourth-order valence-corrected chi connectivity index (χ4v) is 4.11. The van der Waals surface area contributed by atoms with Gasteiger partial charge in [0.05, 0.1) is 12.0 Å². The van der Waals surface area contributed by atoms with Gasteiger partial charge >= 0.3 is 0 Å². The molecule has 1 aliphatic heterocycles. The van der Waals surface area contributed by atoms with Crippen LogP contribution in [0.3, 0.4) is 0 Å². The summed E-state index contributed by atoms with van der Waals surface area (Å²) >= 11 is 0. The molecule has 0 saturated carbocycles. The van der Waals surface area contributed by atoms with Gasteiger partial charge in [-0.3, -0.25) is 4.72 Å². The highest BCUT2D eigenvalue weighted by Gasteiger charge is 2.19. The van der Waals surface area contributed by atoms with Crippen LogP contribution >= 0.6 is 0 Å². The highest BCUT2D eigenvalue weighted by Crippen LogP contribution is 2.28. The Kier molecular flexibility index (Phi) is 6.41. The van der Waals surface area contributed by atoms with E-state index < -0.39 is 10.0 Å². The average Bonchev–Trinajstić information content (AvgIpc) is 3.20. The average molecular weight is 406 g/mol. The Morgan fingerprint density at radius 2 is 1.96 bits per heavy atom. The number of hydrogen-bond acceptors (Lipinski definition) is 6. The molecule has 2 aromatic rings. The maximum Gasteiger partial charge on any atom is 0.262 e. The molecule has 1 aromatic heterocycles. The SMILES string of the molecule is COc1nc(OCC2CCCN2)ccc1NS(=O)(=O)c1ccc(C(C)C)cc1. The molecule has 0 radical (unpaired) electrons. The van der Waals surface area contributed by atoms with E-state index in [4.69, 9.17) is 9.47 Å². The molecule has 0 spiro atoms. The van der Waals surface area contributed by atoms with Crippen LogP contribution in [0.1, 0.15) is 38.2 Å². The van der Waals surface area contributed by atoms with Gasteiger partial charge in [0.25, 0.3) is 10.0 Å². The Balaban J connectivity index is 1.72. The van der Waals surface area contributed by atoms with Crippen molar-refractivity contribution in [3.63, 3.8) is 0 Å². The van der Waals surface area contributed by atoms with Crippen molar-refractivity contribution in [2.45, 2.75) is 43.5 Å². The maximum absolute atomic E-state index is 12.7. The quantitative estimate of drug-likeness (QED) is 0.701. The molecular weight excluding hydrogens is 378 g/mol. The van der Waals surface area contributed by atoms with E-state index >= 15 is 0 Å². The largest absolute Gasteiger partial charge is 0.479 e. The molecule has 1 aliphatic rings. The van der Waals surface area contributed by atoms with E-state index in [0.717, 1.165) is 24.9 Å². The lowest BCUT2D eigenvalue weighted by atomic mass is 10.0. The fraction of sp³-hybridized carbons (Fsp3) is 0.450. The lowest BCUT2D eigenvalue weighted by Crippen LogP contribution is -2.28. The van der Waals surface area contributed by atoms with Gasteiger partial charge in [0.1, 0.15) is 12.3 Å². The molecule has 1 fully saturated rings. The van der Waals surface area contributed by atoms with Crippen LogP contribution in [0.15, 0.2) is 41.3 Å². The summed E-state index contributed by atoms with van der Waals surface area (Å²) in [5.41, 5.74) is 1.35. The van der Waals surface area contributed by atoms with Gasteiger partial charge < -0.3 is 14.8 Å². The lowest BCUT2D eigenvalue weighted by Gasteiger charge is -2.15. The number of benzene rings is 1. The predicted octanol–water partition coefficient (Wildman–Crippen LogP) is 3.15. The molecule has 1 atom stereocenters. The normalized spacial score (nSPS) is 16.9. The highest BCUT2D eigenvalue weighted by atomic mass is 32.2. The summed E-state index contributed by atoms with van der Waals surface area (Å²) < 4.78 is 38.9. The minimum absolute atomic E-state index is 0.166. The predicted molar refractivity (Wildman–Crippen MR) is 109 cm³/mol. The van der Waals surface area contributed by atoms with Crippen LogP contribution in [0.5, 0.6) is 11.8 Å². The number of rotatable bonds is 8. The topological polar surface area (TPSA) is 89.6 Å². The van der Waals surface area contributed by atoms with Crippen molar-refractivity contribution in [2.24, 2.45) is 0 Å². The zero-order valence-corrected chi connectivity index (χ0v) is 17.3. The molecule has 0 bridgehead atoms. The number of nitrogens with one attached hydrogen (secondary N) is 2. The third kappa shape index (κ3) is 4.94. The van der Waals surface area contributed by atoms with Crippen LogP contribution in [-0.2, 0) is 10.0 Å². The van der Waals surface area contributed by atoms with Crippen LogP contribution in [0.25, 0.3) is 0 Å². The van der Waals surface area contributed by atoms with Gasteiger partial charge in [0, 0.05) is 12.1 Å². The van der Waals surface area contributed by atoms with E-state index in [9.17, 15) is 8.42 Å². The third-order valence-electron chi connectivity index (χ3n) is 4.72. The first-order valence-corrected chi connectivity index (χ1v) is 10.9. The first-order valence-electron chi connectivity index (χ1n) is 9.43. The molecule has 0 aliphatic carbocycles. The molecule has 8 heteroatoms. The molecule has 0 amide bonds. The van der Waals surface area contributed by atoms with Crippen LogP contribution in [0.4, 0.5) is 5.69 Å². The van der Waals surface area contributed by atoms with Gasteiger partial charge in [-0.15, -0.1) is 0 Å². The standard InChI is InChI=1S/C20H27N3O4S/c1-14(2)15-6-8-17(9-7-15)28(24,25)23-18-10-11-19(22-20(18)26-3)27-13-16-5-4-12-21-16/h6-11,14,16,21,23H,4-5,12-13H2,1-3H3. The van der Waals surface area contributed by atoms with E-state index in [-0.39, 0.29) is 16.5 Å². The lowest BCUT2D eigenvalue weighted by molar-refractivity contribution is 0.263. The van der Waals surface area contributed by atoms with Crippen molar-refractivity contribution in [3.8, 4) is 11.8 Å². The third-order valence-corrected chi connectivity index (χ3v) is 6.11. The van der Waals surface area contributed by atoms with Crippen LogP contribution in [-0.4, -0.2) is 39.7 Å². The number of methoxy groups -OCH3 is 1. The monoisotopic (exact) mass is 405 g/mol. The Bertz CT molecular complexity index is 892. The van der Waals surface area contributed by atoms with E-state index in [1.165, 1.54) is 7.11 Å². The smallest absolute Gasteiger partial charge is 0.262 e. The Morgan fingerprint density at radius 1 is 1.21 bits per heavy atom. The summed E-state index contributed by atoms with van der Waals surface area (Å²) in [6.45, 7) is 5.64. The summed E-state index contributed by atoms with van der Waals surface area (Å²) in [6, 6.07) is 10.4. The molecular formula is C20H27N3O4S. The minimum Gasteiger partial charge on any atom is -0.479 e. The number of sulfonamides is 1. The van der Waals surface area contributed by atoms with E-state index in [2.05, 4.69) is 28.9 Å². The molecule has 1 saturated heterocycles. The minimum atomic E-state index is -3.75.